The van der Waals surface area contributed by atoms with Crippen LogP contribution < -0.4 is 5.32 Å². The number of nitrogens with one attached hydrogen (secondary N) is 1. The van der Waals surface area contributed by atoms with Crippen LogP contribution in [-0.2, 0) is 28.7 Å². The third-order valence-corrected chi connectivity index (χ3v) is 5.51. The predicted octanol–water partition coefficient (Wildman–Crippen LogP) is 0.445. The number of nitriles is 1. The van der Waals surface area contributed by atoms with E-state index < -0.39 is 70.5 Å². The highest BCUT2D eigenvalue weighted by Gasteiger charge is 2.41. The van der Waals surface area contributed by atoms with Gasteiger partial charge in [0.15, 0.2) is 0 Å². The second-order valence-electron chi connectivity index (χ2n) is 8.07. The molecule has 1 aromatic rings. The van der Waals surface area contributed by atoms with Crippen molar-refractivity contribution in [3.63, 3.8) is 0 Å². The zero-order valence-electron chi connectivity index (χ0n) is 20.4. The molecule has 1 aliphatic rings. The maximum absolute atomic E-state index is 13.4. The number of carbonyl (C=O) groups is 2. The van der Waals surface area contributed by atoms with E-state index in [1.54, 1.807) is 6.07 Å². The van der Waals surface area contributed by atoms with Crippen molar-refractivity contribution in [3.05, 3.63) is 82.7 Å². The number of dihydropyridines is 1. The van der Waals surface area contributed by atoms with Crippen LogP contribution in [0, 0.1) is 47.1 Å². The average molecular weight is 551 g/mol. The summed E-state index contributed by atoms with van der Waals surface area (Å²) in [5, 5.41) is 52.2. The van der Waals surface area contributed by atoms with Crippen molar-refractivity contribution in [2.75, 3.05) is 33.5 Å². The van der Waals surface area contributed by atoms with Crippen molar-refractivity contribution >= 4 is 17.6 Å². The minimum absolute atomic E-state index is 0.00149. The molecule has 2 N–H and O–H groups in total. The van der Waals surface area contributed by atoms with Gasteiger partial charge >= 0.3 is 11.9 Å². The summed E-state index contributed by atoms with van der Waals surface area (Å²) >= 11 is 0. The molecule has 0 bridgehead atoms. The van der Waals surface area contributed by atoms with E-state index in [4.69, 9.17) is 9.47 Å². The first kappa shape index (κ1) is 29.9. The Balaban J connectivity index is 2.56. The van der Waals surface area contributed by atoms with Gasteiger partial charge in [-0.2, -0.15) is 5.26 Å². The molecule has 18 heteroatoms. The van der Waals surface area contributed by atoms with E-state index in [1.165, 1.54) is 19.1 Å². The lowest BCUT2D eigenvalue weighted by Crippen LogP contribution is -2.43. The first-order valence-corrected chi connectivity index (χ1v) is 10.7. The number of nitrogens with zero attached hydrogens (tertiary/aromatic N) is 4. The molecule has 1 atom stereocenters. The topological polar surface area (TPSA) is 257 Å². The first-order chi connectivity index (χ1) is 18.4. The molecule has 0 saturated heterocycles. The summed E-state index contributed by atoms with van der Waals surface area (Å²) in [6, 6.07) is 6.64. The lowest BCUT2D eigenvalue weighted by Gasteiger charge is -2.31. The SMILES string of the molecule is COC(=O)C1=C(C#N)NC(C)=C(C(=O)OCC(CO)(CO[N+](=O)[O-])CO[N+](=O)[O-])C1c1cccc([N+](=O)[O-])c1. The molecule has 0 amide bonds. The molecule has 18 nitrogen and oxygen atoms in total. The first-order valence-electron chi connectivity index (χ1n) is 10.7. The fraction of sp³-hybridized carbons (Fsp3) is 0.381. The van der Waals surface area contributed by atoms with Crippen LogP contribution in [0.2, 0.25) is 0 Å². The molecule has 0 saturated carbocycles. The van der Waals surface area contributed by atoms with Gasteiger partial charge in [-0.3, -0.25) is 10.1 Å². The molecule has 0 aliphatic carbocycles. The molecule has 2 rings (SSSR count). The summed E-state index contributed by atoms with van der Waals surface area (Å²) in [5.74, 6) is -3.67. The smallest absolute Gasteiger partial charge is 0.337 e. The molecular weight excluding hydrogens is 530 g/mol. The number of carbonyl (C=O) groups excluding carboxylic acids is 2. The van der Waals surface area contributed by atoms with E-state index >= 15 is 0 Å². The van der Waals surface area contributed by atoms with Gasteiger partial charge in [0.25, 0.3) is 15.9 Å². The van der Waals surface area contributed by atoms with Gasteiger partial charge in [-0.05, 0) is 12.5 Å². The number of hydrogen-bond acceptors (Lipinski definition) is 15. The number of nitro benzene ring substituents is 1. The number of ether oxygens (including phenoxy) is 2. The number of non-ortho nitro benzene ring substituents is 1. The number of esters is 2. The highest BCUT2D eigenvalue weighted by atomic mass is 17.0. The fourth-order valence-corrected chi connectivity index (χ4v) is 3.61. The maximum Gasteiger partial charge on any atom is 0.337 e. The third-order valence-electron chi connectivity index (χ3n) is 5.51. The molecule has 1 heterocycles. The molecule has 0 radical (unpaired) electrons. The van der Waals surface area contributed by atoms with Gasteiger partial charge in [0.1, 0.15) is 31.6 Å². The van der Waals surface area contributed by atoms with Crippen LogP contribution in [0.3, 0.4) is 0 Å². The van der Waals surface area contributed by atoms with Gasteiger partial charge in [-0.25, -0.2) is 9.59 Å². The fourth-order valence-electron chi connectivity index (χ4n) is 3.61. The number of hydrogen-bond donors (Lipinski definition) is 2. The predicted molar refractivity (Wildman–Crippen MR) is 123 cm³/mol. The molecule has 1 aliphatic heterocycles. The Labute approximate surface area is 218 Å². The normalized spacial score (nSPS) is 15.0. The van der Waals surface area contributed by atoms with Crippen LogP contribution in [0.25, 0.3) is 0 Å². The number of allylic oxidation sites excluding steroid dienone is 2. The Bertz CT molecular complexity index is 1270. The number of nitro groups is 1. The lowest BCUT2D eigenvalue weighted by molar-refractivity contribution is -0.772. The Hall–Kier alpha value is -5.31. The van der Waals surface area contributed by atoms with Crippen LogP contribution in [0.1, 0.15) is 18.4 Å². The zero-order chi connectivity index (χ0) is 29.3. The summed E-state index contributed by atoms with van der Waals surface area (Å²) in [6.07, 6.45) is 0. The molecule has 208 valence electrons. The Morgan fingerprint density at radius 2 is 1.69 bits per heavy atom. The van der Waals surface area contributed by atoms with Crippen LogP contribution in [0.5, 0.6) is 0 Å². The monoisotopic (exact) mass is 551 g/mol. The summed E-state index contributed by atoms with van der Waals surface area (Å²) in [5.41, 5.74) is -3.33. The second kappa shape index (κ2) is 12.8. The van der Waals surface area contributed by atoms with Gasteiger partial charge in [0, 0.05) is 17.8 Å². The van der Waals surface area contributed by atoms with Crippen molar-refractivity contribution in [2.24, 2.45) is 5.41 Å². The van der Waals surface area contributed by atoms with Crippen molar-refractivity contribution in [1.29, 1.82) is 5.26 Å². The van der Waals surface area contributed by atoms with E-state index in [9.17, 15) is 50.3 Å². The Morgan fingerprint density at radius 3 is 2.18 bits per heavy atom. The number of benzene rings is 1. The minimum atomic E-state index is -1.97. The summed E-state index contributed by atoms with van der Waals surface area (Å²) in [4.78, 5) is 66.5. The summed E-state index contributed by atoms with van der Waals surface area (Å²) in [7, 11) is 1.01. The molecule has 0 spiro atoms. The zero-order valence-corrected chi connectivity index (χ0v) is 20.4. The van der Waals surface area contributed by atoms with Crippen LogP contribution in [0.4, 0.5) is 5.69 Å². The lowest BCUT2D eigenvalue weighted by atomic mass is 9.80. The van der Waals surface area contributed by atoms with Crippen LogP contribution >= 0.6 is 0 Å². The van der Waals surface area contributed by atoms with E-state index in [1.807, 2.05) is 0 Å². The quantitative estimate of drug-likeness (QED) is 0.191. The number of aliphatic hydroxyl groups excluding tert-OH is 1. The highest BCUT2D eigenvalue weighted by molar-refractivity contribution is 6.00. The third kappa shape index (κ3) is 7.14. The van der Waals surface area contributed by atoms with Gasteiger partial charge in [0.05, 0.1) is 41.1 Å². The summed E-state index contributed by atoms with van der Waals surface area (Å²) in [6.45, 7) is -2.50. The van der Waals surface area contributed by atoms with Gasteiger partial charge in [-0.15, -0.1) is 20.2 Å². The molecule has 1 aromatic carbocycles. The van der Waals surface area contributed by atoms with Crippen LogP contribution in [-0.4, -0.2) is 65.7 Å². The Kier molecular flexibility index (Phi) is 9.80. The second-order valence-corrected chi connectivity index (χ2v) is 8.07. The molecule has 39 heavy (non-hydrogen) atoms. The highest BCUT2D eigenvalue weighted by Crippen LogP contribution is 2.40. The standard InChI is InChI=1S/C21H21N5O13/c1-12-16(20(29)37-9-21(8-27,10-38-25(32)33)11-39-26(34)35)17(13-4-3-5-14(6-13)24(30)31)18(19(28)36-2)15(7-22)23-12/h3-6,17,23,27H,8-11H2,1-2H3. The van der Waals surface area contributed by atoms with E-state index in [0.717, 1.165) is 19.2 Å². The van der Waals surface area contributed by atoms with Crippen molar-refractivity contribution in [3.8, 4) is 6.07 Å². The van der Waals surface area contributed by atoms with Gasteiger partial charge in [0.2, 0.25) is 0 Å². The summed E-state index contributed by atoms with van der Waals surface area (Å²) < 4.78 is 10.0. The van der Waals surface area contributed by atoms with Crippen LogP contribution in [0.15, 0.2) is 46.8 Å². The van der Waals surface area contributed by atoms with Crippen molar-refractivity contribution in [2.45, 2.75) is 12.8 Å². The van der Waals surface area contributed by atoms with Crippen molar-refractivity contribution < 1.29 is 48.9 Å². The van der Waals surface area contributed by atoms with E-state index in [-0.39, 0.29) is 28.1 Å². The van der Waals surface area contributed by atoms with E-state index in [2.05, 4.69) is 15.0 Å². The van der Waals surface area contributed by atoms with E-state index in [0.29, 0.717) is 0 Å². The molecule has 0 fully saturated rings. The molecular formula is C21H21N5O13. The largest absolute Gasteiger partial charge is 0.466 e. The average Bonchev–Trinajstić information content (AvgIpc) is 2.91. The number of methoxy groups -OCH3 is 1. The number of rotatable bonds is 13. The minimum Gasteiger partial charge on any atom is -0.466 e. The molecule has 0 aromatic heterocycles. The van der Waals surface area contributed by atoms with Crippen molar-refractivity contribution in [1.82, 2.24) is 5.32 Å². The maximum atomic E-state index is 13.4. The Morgan fingerprint density at radius 1 is 1.08 bits per heavy atom. The van der Waals surface area contributed by atoms with Gasteiger partial charge in [-0.1, -0.05) is 12.1 Å². The number of aliphatic hydroxyl groups is 1. The molecule has 1 unspecified atom stereocenters. The van der Waals surface area contributed by atoms with Gasteiger partial charge < -0.3 is 29.6 Å².